The summed E-state index contributed by atoms with van der Waals surface area (Å²) in [7, 11) is 0. The molecule has 0 aliphatic carbocycles. The van der Waals surface area contributed by atoms with Gasteiger partial charge in [-0.1, -0.05) is 39.3 Å². The second-order valence-electron chi connectivity index (χ2n) is 6.45. The summed E-state index contributed by atoms with van der Waals surface area (Å²) in [6.07, 6.45) is 1.04. The van der Waals surface area contributed by atoms with Gasteiger partial charge in [-0.3, -0.25) is 4.90 Å². The molecular formula is C15H23BrClN3O. The van der Waals surface area contributed by atoms with Crippen LogP contribution in [0.2, 0.25) is 5.15 Å². The first-order valence-electron chi connectivity index (χ1n) is 7.40. The SMILES string of the molecule is CCCN1CCOC(c2nc(Cl)c(Br)c(C(C)(C)C)n2)C1. The van der Waals surface area contributed by atoms with Gasteiger partial charge in [0.15, 0.2) is 5.82 Å². The Kier molecular flexibility index (Phi) is 5.63. The summed E-state index contributed by atoms with van der Waals surface area (Å²) in [6, 6.07) is 0. The summed E-state index contributed by atoms with van der Waals surface area (Å²) in [5, 5.41) is 0.459. The molecule has 0 spiro atoms. The molecule has 21 heavy (non-hydrogen) atoms. The summed E-state index contributed by atoms with van der Waals surface area (Å²) in [5.41, 5.74) is 0.825. The summed E-state index contributed by atoms with van der Waals surface area (Å²) < 4.78 is 6.64. The van der Waals surface area contributed by atoms with Crippen molar-refractivity contribution in [3.8, 4) is 0 Å². The van der Waals surface area contributed by atoms with Crippen LogP contribution >= 0.6 is 27.5 Å². The van der Waals surface area contributed by atoms with E-state index in [0.29, 0.717) is 17.6 Å². The van der Waals surface area contributed by atoms with Crippen molar-refractivity contribution in [1.82, 2.24) is 14.9 Å². The molecular weight excluding hydrogens is 354 g/mol. The van der Waals surface area contributed by atoms with Gasteiger partial charge in [0.05, 0.1) is 16.8 Å². The van der Waals surface area contributed by atoms with Gasteiger partial charge >= 0.3 is 0 Å². The van der Waals surface area contributed by atoms with E-state index in [-0.39, 0.29) is 11.5 Å². The molecule has 0 amide bonds. The van der Waals surface area contributed by atoms with Gasteiger partial charge in [-0.2, -0.15) is 0 Å². The molecule has 1 unspecified atom stereocenters. The van der Waals surface area contributed by atoms with E-state index in [1.165, 1.54) is 0 Å². The molecule has 2 heterocycles. The number of nitrogens with zero attached hydrogens (tertiary/aromatic N) is 3. The summed E-state index contributed by atoms with van der Waals surface area (Å²) in [4.78, 5) is 11.5. The number of hydrogen-bond acceptors (Lipinski definition) is 4. The molecule has 1 fully saturated rings. The molecule has 4 nitrogen and oxygen atoms in total. The van der Waals surface area contributed by atoms with Crippen LogP contribution in [0.1, 0.15) is 51.7 Å². The van der Waals surface area contributed by atoms with Crippen LogP contribution in [0.15, 0.2) is 4.47 Å². The molecule has 1 aliphatic heterocycles. The molecule has 118 valence electrons. The Labute approximate surface area is 140 Å². The van der Waals surface area contributed by atoms with Crippen molar-refractivity contribution in [2.24, 2.45) is 0 Å². The fourth-order valence-corrected chi connectivity index (χ4v) is 3.40. The van der Waals surface area contributed by atoms with E-state index < -0.39 is 0 Å². The van der Waals surface area contributed by atoms with E-state index in [4.69, 9.17) is 21.3 Å². The van der Waals surface area contributed by atoms with Crippen LogP contribution in [0.5, 0.6) is 0 Å². The molecule has 0 N–H and O–H groups in total. The third-order valence-electron chi connectivity index (χ3n) is 3.52. The van der Waals surface area contributed by atoms with Crippen LogP contribution in [0.3, 0.4) is 0 Å². The lowest BCUT2D eigenvalue weighted by atomic mass is 9.92. The molecule has 0 bridgehead atoms. The standard InChI is InChI=1S/C15H23BrClN3O/c1-5-6-20-7-8-21-10(9-20)14-18-12(15(2,3)4)11(16)13(17)19-14/h10H,5-9H2,1-4H3. The summed E-state index contributed by atoms with van der Waals surface area (Å²) in [5.74, 6) is 0.689. The zero-order chi connectivity index (χ0) is 15.6. The van der Waals surface area contributed by atoms with Crippen molar-refractivity contribution in [1.29, 1.82) is 0 Å². The lowest BCUT2D eigenvalue weighted by Gasteiger charge is -2.32. The molecule has 0 radical (unpaired) electrons. The topological polar surface area (TPSA) is 38.2 Å². The highest BCUT2D eigenvalue weighted by Crippen LogP contribution is 2.34. The van der Waals surface area contributed by atoms with Crippen LogP contribution in [0, 0.1) is 0 Å². The Hall–Kier alpha value is -0.230. The molecule has 1 aromatic heterocycles. The average molecular weight is 377 g/mol. The average Bonchev–Trinajstić information content (AvgIpc) is 2.41. The number of ether oxygens (including phenoxy) is 1. The van der Waals surface area contributed by atoms with Gasteiger partial charge in [0, 0.05) is 18.5 Å². The maximum absolute atomic E-state index is 6.27. The van der Waals surface area contributed by atoms with E-state index >= 15 is 0 Å². The second-order valence-corrected chi connectivity index (χ2v) is 7.60. The summed E-state index contributed by atoms with van der Waals surface area (Å²) >= 11 is 9.78. The molecule has 1 aliphatic rings. The van der Waals surface area contributed by atoms with E-state index in [1.54, 1.807) is 0 Å². The molecule has 6 heteroatoms. The Balaban J connectivity index is 2.29. The molecule has 1 aromatic rings. The molecule has 2 rings (SSSR count). The van der Waals surface area contributed by atoms with Gasteiger partial charge < -0.3 is 4.74 Å². The van der Waals surface area contributed by atoms with E-state index in [2.05, 4.69) is 53.5 Å². The smallest absolute Gasteiger partial charge is 0.160 e. The lowest BCUT2D eigenvalue weighted by Crippen LogP contribution is -2.39. The first kappa shape index (κ1) is 17.1. The lowest BCUT2D eigenvalue weighted by molar-refractivity contribution is -0.0343. The van der Waals surface area contributed by atoms with Gasteiger partial charge in [0.2, 0.25) is 0 Å². The molecule has 1 atom stereocenters. The van der Waals surface area contributed by atoms with E-state index in [0.717, 1.165) is 36.2 Å². The largest absolute Gasteiger partial charge is 0.368 e. The van der Waals surface area contributed by atoms with Crippen LogP contribution in [-0.4, -0.2) is 41.1 Å². The molecule has 0 saturated carbocycles. The number of halogens is 2. The van der Waals surface area contributed by atoms with Gasteiger partial charge in [-0.25, -0.2) is 9.97 Å². The highest BCUT2D eigenvalue weighted by atomic mass is 79.9. The summed E-state index contributed by atoms with van der Waals surface area (Å²) in [6.45, 7) is 12.1. The highest BCUT2D eigenvalue weighted by Gasteiger charge is 2.28. The highest BCUT2D eigenvalue weighted by molar-refractivity contribution is 9.10. The quantitative estimate of drug-likeness (QED) is 0.748. The maximum atomic E-state index is 6.27. The zero-order valence-corrected chi connectivity index (χ0v) is 15.5. The normalized spacial score (nSPS) is 20.8. The number of rotatable bonds is 3. The van der Waals surface area contributed by atoms with Crippen molar-refractivity contribution in [3.63, 3.8) is 0 Å². The van der Waals surface area contributed by atoms with Crippen LogP contribution < -0.4 is 0 Å². The fraction of sp³-hybridized carbons (Fsp3) is 0.733. The van der Waals surface area contributed by atoms with Gasteiger partial charge in [-0.05, 0) is 28.9 Å². The van der Waals surface area contributed by atoms with Crippen LogP contribution in [0.4, 0.5) is 0 Å². The Morgan fingerprint density at radius 1 is 1.38 bits per heavy atom. The van der Waals surface area contributed by atoms with E-state index in [1.807, 2.05) is 0 Å². The Bertz CT molecular complexity index is 502. The minimum Gasteiger partial charge on any atom is -0.368 e. The first-order valence-corrected chi connectivity index (χ1v) is 8.57. The number of aromatic nitrogens is 2. The fourth-order valence-electron chi connectivity index (χ4n) is 2.45. The number of morpholine rings is 1. The second kappa shape index (κ2) is 6.90. The third-order valence-corrected chi connectivity index (χ3v) is 4.77. The Morgan fingerprint density at radius 3 is 2.71 bits per heavy atom. The van der Waals surface area contributed by atoms with Crippen molar-refractivity contribution < 1.29 is 4.74 Å². The first-order chi connectivity index (χ1) is 9.82. The van der Waals surface area contributed by atoms with Crippen molar-refractivity contribution in [2.45, 2.75) is 45.6 Å². The molecule has 1 saturated heterocycles. The van der Waals surface area contributed by atoms with Crippen molar-refractivity contribution >= 4 is 27.5 Å². The minimum atomic E-state index is -0.100. The molecule has 0 aromatic carbocycles. The van der Waals surface area contributed by atoms with E-state index in [9.17, 15) is 0 Å². The minimum absolute atomic E-state index is 0.0993. The van der Waals surface area contributed by atoms with Gasteiger partial charge in [0.1, 0.15) is 11.3 Å². The predicted octanol–water partition coefficient (Wildman–Crippen LogP) is 3.97. The van der Waals surface area contributed by atoms with Gasteiger partial charge in [0.25, 0.3) is 0 Å². The van der Waals surface area contributed by atoms with Crippen LogP contribution in [0.25, 0.3) is 0 Å². The van der Waals surface area contributed by atoms with Crippen molar-refractivity contribution in [2.75, 3.05) is 26.2 Å². The monoisotopic (exact) mass is 375 g/mol. The maximum Gasteiger partial charge on any atom is 0.160 e. The predicted molar refractivity (Wildman–Crippen MR) is 88.9 cm³/mol. The van der Waals surface area contributed by atoms with Crippen LogP contribution in [-0.2, 0) is 10.2 Å². The third kappa shape index (κ3) is 4.15. The Morgan fingerprint density at radius 2 is 2.10 bits per heavy atom. The zero-order valence-electron chi connectivity index (χ0n) is 13.1. The number of hydrogen-bond donors (Lipinski definition) is 0. The van der Waals surface area contributed by atoms with Crippen molar-refractivity contribution in [3.05, 3.63) is 21.1 Å². The van der Waals surface area contributed by atoms with Gasteiger partial charge in [-0.15, -0.1) is 0 Å².